The monoisotopic (exact) mass is 433 g/mol. The highest BCUT2D eigenvalue weighted by atomic mass is 32.2. The van der Waals surface area contributed by atoms with Gasteiger partial charge in [0.15, 0.2) is 0 Å². The lowest BCUT2D eigenvalue weighted by Crippen LogP contribution is -2.23. The van der Waals surface area contributed by atoms with E-state index in [1.165, 1.54) is 25.3 Å². The van der Waals surface area contributed by atoms with E-state index in [1.54, 1.807) is 36.5 Å². The fraction of sp³-hybridized carbons (Fsp3) is 0.300. The van der Waals surface area contributed by atoms with E-state index in [4.69, 9.17) is 4.74 Å². The number of thiazole rings is 1. The van der Waals surface area contributed by atoms with Gasteiger partial charge in [-0.3, -0.25) is 9.52 Å². The normalized spacial score (nSPS) is 11.4. The van der Waals surface area contributed by atoms with Gasteiger partial charge >= 0.3 is 0 Å². The van der Waals surface area contributed by atoms with E-state index in [9.17, 15) is 13.2 Å². The molecule has 29 heavy (non-hydrogen) atoms. The van der Waals surface area contributed by atoms with Crippen LogP contribution >= 0.6 is 11.3 Å². The number of aromatic nitrogens is 1. The molecule has 154 valence electrons. The van der Waals surface area contributed by atoms with E-state index in [0.29, 0.717) is 12.2 Å². The first-order valence-electron chi connectivity index (χ1n) is 9.26. The summed E-state index contributed by atoms with van der Waals surface area (Å²) in [4.78, 5) is 16.6. The van der Waals surface area contributed by atoms with E-state index < -0.39 is 10.0 Å². The summed E-state index contributed by atoms with van der Waals surface area (Å²) in [5, 5.41) is 3.69. The molecule has 3 aromatic rings. The minimum atomic E-state index is -3.97. The van der Waals surface area contributed by atoms with Crippen LogP contribution in [0.4, 0.5) is 5.69 Å². The van der Waals surface area contributed by atoms with E-state index in [2.05, 4.69) is 21.9 Å². The molecule has 0 saturated heterocycles. The number of carbonyl (C=O) groups excluding carboxylic acids is 1. The second-order valence-corrected chi connectivity index (χ2v) is 9.14. The Morgan fingerprint density at radius 1 is 1.17 bits per heavy atom. The number of benzene rings is 2. The lowest BCUT2D eigenvalue weighted by molar-refractivity contribution is 0.0955. The first kappa shape index (κ1) is 21.1. The summed E-state index contributed by atoms with van der Waals surface area (Å²) in [6.45, 7) is 4.33. The standard InChI is InChI=1S/C20H23N3O4S2/c1-4-6-19-22-15-9-8-14(12-17(15)28-19)23-29(25,26)18-11-13(20(24)21-5-2)7-10-16(18)27-3/h7-12,23H,4-6H2,1-3H3,(H,21,24). The third kappa shape index (κ3) is 4.68. The highest BCUT2D eigenvalue weighted by molar-refractivity contribution is 7.92. The van der Waals surface area contributed by atoms with Gasteiger partial charge in [0, 0.05) is 12.1 Å². The molecule has 2 N–H and O–H groups in total. The van der Waals surface area contributed by atoms with Crippen LogP contribution in [0.15, 0.2) is 41.3 Å². The Bertz CT molecular complexity index is 1140. The summed E-state index contributed by atoms with van der Waals surface area (Å²) in [6, 6.07) is 9.56. The highest BCUT2D eigenvalue weighted by Gasteiger charge is 2.22. The van der Waals surface area contributed by atoms with Crippen molar-refractivity contribution in [2.75, 3.05) is 18.4 Å². The predicted molar refractivity (Wildman–Crippen MR) is 115 cm³/mol. The second-order valence-electron chi connectivity index (χ2n) is 6.37. The van der Waals surface area contributed by atoms with Crippen LogP contribution in [0, 0.1) is 0 Å². The van der Waals surface area contributed by atoms with Crippen LogP contribution in [0.25, 0.3) is 10.2 Å². The molecule has 0 saturated carbocycles. The number of amides is 1. The molecule has 0 fully saturated rings. The van der Waals surface area contributed by atoms with Crippen molar-refractivity contribution in [3.63, 3.8) is 0 Å². The number of fused-ring (bicyclic) bond motifs is 1. The first-order valence-corrected chi connectivity index (χ1v) is 11.6. The third-order valence-electron chi connectivity index (χ3n) is 4.20. The molecule has 0 aliphatic rings. The quantitative estimate of drug-likeness (QED) is 0.563. The van der Waals surface area contributed by atoms with Crippen molar-refractivity contribution in [2.45, 2.75) is 31.6 Å². The van der Waals surface area contributed by atoms with Crippen LogP contribution in [-0.2, 0) is 16.4 Å². The van der Waals surface area contributed by atoms with Gasteiger partial charge < -0.3 is 10.1 Å². The van der Waals surface area contributed by atoms with E-state index in [1.807, 2.05) is 0 Å². The number of aryl methyl sites for hydroxylation is 1. The van der Waals surface area contributed by atoms with Gasteiger partial charge in [0.1, 0.15) is 10.6 Å². The van der Waals surface area contributed by atoms with Gasteiger partial charge in [0.05, 0.1) is 28.0 Å². The van der Waals surface area contributed by atoms with Crippen LogP contribution in [0.3, 0.4) is 0 Å². The van der Waals surface area contributed by atoms with Crippen molar-refractivity contribution in [1.82, 2.24) is 10.3 Å². The Morgan fingerprint density at radius 2 is 1.97 bits per heavy atom. The molecule has 0 unspecified atom stereocenters. The van der Waals surface area contributed by atoms with Gasteiger partial charge in [-0.1, -0.05) is 6.92 Å². The lowest BCUT2D eigenvalue weighted by atomic mass is 10.2. The van der Waals surface area contributed by atoms with Crippen molar-refractivity contribution in [3.05, 3.63) is 47.0 Å². The number of sulfonamides is 1. The molecule has 7 nitrogen and oxygen atoms in total. The molecule has 0 bridgehead atoms. The SMILES string of the molecule is CCCc1nc2ccc(NS(=O)(=O)c3cc(C(=O)NCC)ccc3OC)cc2s1. The number of hydrogen-bond donors (Lipinski definition) is 2. The number of nitrogens with zero attached hydrogens (tertiary/aromatic N) is 1. The number of methoxy groups -OCH3 is 1. The molecule has 2 aromatic carbocycles. The summed E-state index contributed by atoms with van der Waals surface area (Å²) in [7, 11) is -2.58. The molecule has 1 heterocycles. The van der Waals surface area contributed by atoms with Gasteiger partial charge in [-0.15, -0.1) is 11.3 Å². The van der Waals surface area contributed by atoms with Crippen molar-refractivity contribution >= 4 is 43.2 Å². The minimum Gasteiger partial charge on any atom is -0.495 e. The summed E-state index contributed by atoms with van der Waals surface area (Å²) in [5.41, 5.74) is 1.52. The molecule has 1 amide bonds. The van der Waals surface area contributed by atoms with Gasteiger partial charge in [-0.05, 0) is 56.2 Å². The second kappa shape index (κ2) is 8.79. The Hall–Kier alpha value is -2.65. The number of nitrogens with one attached hydrogen (secondary N) is 2. The van der Waals surface area contributed by atoms with Crippen LogP contribution in [0.2, 0.25) is 0 Å². The van der Waals surface area contributed by atoms with E-state index >= 15 is 0 Å². The Balaban J connectivity index is 1.95. The van der Waals surface area contributed by atoms with Crippen molar-refractivity contribution in [2.24, 2.45) is 0 Å². The molecule has 9 heteroatoms. The maximum absolute atomic E-state index is 13.0. The molecule has 0 atom stereocenters. The van der Waals surface area contributed by atoms with Crippen LogP contribution in [0.1, 0.15) is 35.6 Å². The molecule has 0 radical (unpaired) electrons. The molecule has 0 aliphatic carbocycles. The predicted octanol–water partition coefficient (Wildman–Crippen LogP) is 3.81. The smallest absolute Gasteiger partial charge is 0.265 e. The maximum atomic E-state index is 13.0. The first-order chi connectivity index (χ1) is 13.9. The molecule has 1 aromatic heterocycles. The highest BCUT2D eigenvalue weighted by Crippen LogP contribution is 2.30. The van der Waals surface area contributed by atoms with Gasteiger partial charge in [-0.2, -0.15) is 0 Å². The summed E-state index contributed by atoms with van der Waals surface area (Å²) >= 11 is 1.55. The van der Waals surface area contributed by atoms with Gasteiger partial charge in [-0.25, -0.2) is 13.4 Å². The molecular formula is C20H23N3O4S2. The fourth-order valence-corrected chi connectivity index (χ4v) is 5.21. The number of rotatable bonds is 8. The zero-order valence-corrected chi connectivity index (χ0v) is 18.1. The summed E-state index contributed by atoms with van der Waals surface area (Å²) < 4.78 is 34.7. The topological polar surface area (TPSA) is 97.4 Å². The van der Waals surface area contributed by atoms with E-state index in [0.717, 1.165) is 28.1 Å². The molecular weight excluding hydrogens is 410 g/mol. The van der Waals surface area contributed by atoms with Crippen LogP contribution in [0.5, 0.6) is 5.75 Å². The molecule has 0 aliphatic heterocycles. The minimum absolute atomic E-state index is 0.0974. The summed E-state index contributed by atoms with van der Waals surface area (Å²) in [6.07, 6.45) is 1.89. The average Bonchev–Trinajstić information content (AvgIpc) is 3.09. The van der Waals surface area contributed by atoms with Crippen molar-refractivity contribution in [3.8, 4) is 5.75 Å². The molecule has 3 rings (SSSR count). The van der Waals surface area contributed by atoms with E-state index in [-0.39, 0.29) is 22.1 Å². The zero-order valence-electron chi connectivity index (χ0n) is 16.5. The lowest BCUT2D eigenvalue weighted by Gasteiger charge is -2.13. The largest absolute Gasteiger partial charge is 0.495 e. The number of ether oxygens (including phenoxy) is 1. The Labute approximate surface area is 174 Å². The Kier molecular flexibility index (Phi) is 6.39. The number of anilines is 1. The molecule has 0 spiro atoms. The van der Waals surface area contributed by atoms with Gasteiger partial charge in [0.25, 0.3) is 15.9 Å². The van der Waals surface area contributed by atoms with Crippen molar-refractivity contribution < 1.29 is 17.9 Å². The van der Waals surface area contributed by atoms with Crippen molar-refractivity contribution in [1.29, 1.82) is 0 Å². The number of hydrogen-bond acceptors (Lipinski definition) is 6. The zero-order chi connectivity index (χ0) is 21.0. The third-order valence-corrected chi connectivity index (χ3v) is 6.68. The van der Waals surface area contributed by atoms with Crippen LogP contribution < -0.4 is 14.8 Å². The van der Waals surface area contributed by atoms with Gasteiger partial charge in [0.2, 0.25) is 0 Å². The summed E-state index contributed by atoms with van der Waals surface area (Å²) in [5.74, 6) is -0.184. The van der Waals surface area contributed by atoms with Crippen LogP contribution in [-0.4, -0.2) is 33.0 Å². The Morgan fingerprint density at radius 3 is 2.66 bits per heavy atom. The average molecular weight is 434 g/mol. The number of carbonyl (C=O) groups is 1. The maximum Gasteiger partial charge on any atom is 0.265 e. The fourth-order valence-electron chi connectivity index (χ4n) is 2.86.